The zero-order valence-electron chi connectivity index (χ0n) is 11.2. The number of primary amides is 1. The number of methoxy groups -OCH3 is 1. The van der Waals surface area contributed by atoms with Crippen LogP contribution in [0.2, 0.25) is 0 Å². The fourth-order valence-corrected chi connectivity index (χ4v) is 2.33. The molecule has 0 aromatic carbocycles. The first kappa shape index (κ1) is 13.4. The largest absolute Gasteiger partial charge is 0.490 e. The van der Waals surface area contributed by atoms with E-state index in [0.717, 1.165) is 31.7 Å². The molecule has 104 valence electrons. The standard InChI is InChI=1S/C12H19N5O2/c1-14-11-9(19-2)12(16-7-15-11)17-5-3-8(4-6-17)10(13)18/h7-8H,3-6H2,1-2H3,(H2,13,18)(H,14,15,16). The van der Waals surface area contributed by atoms with Gasteiger partial charge >= 0.3 is 0 Å². The summed E-state index contributed by atoms with van der Waals surface area (Å²) in [6.45, 7) is 1.48. The van der Waals surface area contributed by atoms with Crippen LogP contribution in [-0.4, -0.2) is 43.1 Å². The average molecular weight is 265 g/mol. The highest BCUT2D eigenvalue weighted by molar-refractivity contribution is 5.77. The second kappa shape index (κ2) is 5.73. The predicted octanol–water partition coefficient (Wildman–Crippen LogP) is 0.229. The summed E-state index contributed by atoms with van der Waals surface area (Å²) in [4.78, 5) is 21.7. The molecule has 1 aromatic rings. The SMILES string of the molecule is CNc1ncnc(N2CCC(C(N)=O)CC2)c1OC. The smallest absolute Gasteiger partial charge is 0.220 e. The van der Waals surface area contributed by atoms with Gasteiger partial charge in [0.05, 0.1) is 7.11 Å². The fraction of sp³-hybridized carbons (Fsp3) is 0.583. The quantitative estimate of drug-likeness (QED) is 0.809. The van der Waals surface area contributed by atoms with Crippen LogP contribution in [0.5, 0.6) is 5.75 Å². The Morgan fingerprint density at radius 2 is 2.16 bits per heavy atom. The number of nitrogens with two attached hydrogens (primary N) is 1. The van der Waals surface area contributed by atoms with E-state index in [2.05, 4.69) is 20.2 Å². The van der Waals surface area contributed by atoms with Gasteiger partial charge in [0.2, 0.25) is 11.7 Å². The zero-order chi connectivity index (χ0) is 13.8. The van der Waals surface area contributed by atoms with Gasteiger partial charge in [0, 0.05) is 26.1 Å². The number of piperidine rings is 1. The second-order valence-electron chi connectivity index (χ2n) is 4.49. The van der Waals surface area contributed by atoms with Gasteiger partial charge in [0.15, 0.2) is 11.6 Å². The molecular weight excluding hydrogens is 246 g/mol. The van der Waals surface area contributed by atoms with E-state index in [1.54, 1.807) is 14.2 Å². The molecule has 0 unspecified atom stereocenters. The number of hydrogen-bond donors (Lipinski definition) is 2. The second-order valence-corrected chi connectivity index (χ2v) is 4.49. The lowest BCUT2D eigenvalue weighted by molar-refractivity contribution is -0.122. The summed E-state index contributed by atoms with van der Waals surface area (Å²) in [5.41, 5.74) is 5.34. The minimum Gasteiger partial charge on any atom is -0.490 e. The Bertz CT molecular complexity index is 457. The van der Waals surface area contributed by atoms with Crippen molar-refractivity contribution in [3.8, 4) is 5.75 Å². The minimum atomic E-state index is -0.217. The molecule has 0 aliphatic carbocycles. The Kier molecular flexibility index (Phi) is 4.03. The Morgan fingerprint density at radius 3 is 2.68 bits per heavy atom. The van der Waals surface area contributed by atoms with E-state index in [4.69, 9.17) is 10.5 Å². The molecule has 0 saturated carbocycles. The molecule has 1 saturated heterocycles. The summed E-state index contributed by atoms with van der Waals surface area (Å²) in [7, 11) is 3.38. The van der Waals surface area contributed by atoms with Crippen LogP contribution >= 0.6 is 0 Å². The Labute approximate surface area is 112 Å². The number of hydrogen-bond acceptors (Lipinski definition) is 6. The fourth-order valence-electron chi connectivity index (χ4n) is 2.33. The summed E-state index contributed by atoms with van der Waals surface area (Å²) in [6.07, 6.45) is 3.00. The van der Waals surface area contributed by atoms with Crippen molar-refractivity contribution in [2.75, 3.05) is 37.5 Å². The normalized spacial score (nSPS) is 16.2. The van der Waals surface area contributed by atoms with Crippen LogP contribution in [0.25, 0.3) is 0 Å². The summed E-state index contributed by atoms with van der Waals surface area (Å²) in [6, 6.07) is 0. The molecule has 1 amide bonds. The van der Waals surface area contributed by atoms with E-state index >= 15 is 0 Å². The third-order valence-electron chi connectivity index (χ3n) is 3.42. The number of nitrogens with one attached hydrogen (secondary N) is 1. The van der Waals surface area contributed by atoms with Crippen molar-refractivity contribution in [2.24, 2.45) is 11.7 Å². The van der Waals surface area contributed by atoms with E-state index in [1.165, 1.54) is 6.33 Å². The van der Waals surface area contributed by atoms with Crippen LogP contribution < -0.4 is 20.7 Å². The maximum absolute atomic E-state index is 11.2. The van der Waals surface area contributed by atoms with E-state index < -0.39 is 0 Å². The topological polar surface area (TPSA) is 93.4 Å². The molecule has 1 fully saturated rings. The first-order chi connectivity index (χ1) is 9.17. The lowest BCUT2D eigenvalue weighted by Crippen LogP contribution is -2.39. The van der Waals surface area contributed by atoms with Gasteiger partial charge in [-0.3, -0.25) is 4.79 Å². The van der Waals surface area contributed by atoms with Crippen molar-refractivity contribution in [1.29, 1.82) is 0 Å². The molecule has 3 N–H and O–H groups in total. The highest BCUT2D eigenvalue weighted by atomic mass is 16.5. The van der Waals surface area contributed by atoms with Gasteiger partial charge in [-0.15, -0.1) is 0 Å². The highest BCUT2D eigenvalue weighted by Gasteiger charge is 2.26. The first-order valence-electron chi connectivity index (χ1n) is 6.28. The van der Waals surface area contributed by atoms with E-state index in [-0.39, 0.29) is 11.8 Å². The van der Waals surface area contributed by atoms with Crippen LogP contribution in [0.4, 0.5) is 11.6 Å². The van der Waals surface area contributed by atoms with Gasteiger partial charge in [-0.25, -0.2) is 9.97 Å². The van der Waals surface area contributed by atoms with Crippen LogP contribution in [0.1, 0.15) is 12.8 Å². The maximum Gasteiger partial charge on any atom is 0.220 e. The van der Waals surface area contributed by atoms with E-state index in [0.29, 0.717) is 11.6 Å². The molecule has 0 radical (unpaired) electrons. The lowest BCUT2D eigenvalue weighted by atomic mass is 9.96. The number of nitrogens with zero attached hydrogens (tertiary/aromatic N) is 3. The van der Waals surface area contributed by atoms with Crippen LogP contribution in [0.3, 0.4) is 0 Å². The number of amides is 1. The number of anilines is 2. The molecule has 0 spiro atoms. The molecule has 7 nitrogen and oxygen atoms in total. The van der Waals surface area contributed by atoms with Gasteiger partial charge in [-0.1, -0.05) is 0 Å². The lowest BCUT2D eigenvalue weighted by Gasteiger charge is -2.32. The monoisotopic (exact) mass is 265 g/mol. The van der Waals surface area contributed by atoms with Crippen LogP contribution in [0.15, 0.2) is 6.33 Å². The number of aromatic nitrogens is 2. The molecule has 19 heavy (non-hydrogen) atoms. The highest BCUT2D eigenvalue weighted by Crippen LogP contribution is 2.33. The van der Waals surface area contributed by atoms with Gasteiger partial charge in [0.25, 0.3) is 0 Å². The summed E-state index contributed by atoms with van der Waals surface area (Å²) < 4.78 is 5.37. The van der Waals surface area contributed by atoms with Crippen molar-refractivity contribution in [3.63, 3.8) is 0 Å². The summed E-state index contributed by atoms with van der Waals surface area (Å²) in [5.74, 6) is 1.79. The van der Waals surface area contributed by atoms with E-state index in [1.807, 2.05) is 0 Å². The van der Waals surface area contributed by atoms with Gasteiger partial charge < -0.3 is 20.7 Å². The first-order valence-corrected chi connectivity index (χ1v) is 6.28. The molecule has 1 aliphatic rings. The van der Waals surface area contributed by atoms with Gasteiger partial charge in [-0.2, -0.15) is 0 Å². The van der Waals surface area contributed by atoms with Crippen molar-refractivity contribution in [3.05, 3.63) is 6.33 Å². The third kappa shape index (κ3) is 2.69. The molecule has 7 heteroatoms. The van der Waals surface area contributed by atoms with Crippen LogP contribution in [-0.2, 0) is 4.79 Å². The van der Waals surface area contributed by atoms with Crippen molar-refractivity contribution < 1.29 is 9.53 Å². The van der Waals surface area contributed by atoms with E-state index in [9.17, 15) is 4.79 Å². The molecule has 0 atom stereocenters. The van der Waals surface area contributed by atoms with Gasteiger partial charge in [-0.05, 0) is 12.8 Å². The maximum atomic E-state index is 11.2. The van der Waals surface area contributed by atoms with Gasteiger partial charge in [0.1, 0.15) is 6.33 Å². The number of ether oxygens (including phenoxy) is 1. The molecule has 2 rings (SSSR count). The third-order valence-corrected chi connectivity index (χ3v) is 3.42. The molecule has 0 bridgehead atoms. The van der Waals surface area contributed by atoms with Crippen LogP contribution in [0, 0.1) is 5.92 Å². The Hall–Kier alpha value is -2.05. The van der Waals surface area contributed by atoms with Crippen molar-refractivity contribution >= 4 is 17.5 Å². The van der Waals surface area contributed by atoms with Crippen molar-refractivity contribution in [1.82, 2.24) is 9.97 Å². The number of rotatable bonds is 4. The molecule has 1 aromatic heterocycles. The Balaban J connectivity index is 2.17. The minimum absolute atomic E-state index is 0.0344. The summed E-state index contributed by atoms with van der Waals surface area (Å²) >= 11 is 0. The molecule has 2 heterocycles. The Morgan fingerprint density at radius 1 is 1.47 bits per heavy atom. The molecular formula is C12H19N5O2. The molecule has 1 aliphatic heterocycles. The predicted molar refractivity (Wildman–Crippen MR) is 72.3 cm³/mol. The van der Waals surface area contributed by atoms with Crippen molar-refractivity contribution in [2.45, 2.75) is 12.8 Å². The zero-order valence-corrected chi connectivity index (χ0v) is 11.2. The number of carbonyl (C=O) groups excluding carboxylic acids is 1. The summed E-state index contributed by atoms with van der Waals surface area (Å²) in [5, 5.41) is 2.98. The average Bonchev–Trinajstić information content (AvgIpc) is 2.46. The number of carbonyl (C=O) groups is 1.